The molecule has 3 fully saturated rings. The molecule has 7 rings (SSSR count). The maximum atomic E-state index is 13.4. The summed E-state index contributed by atoms with van der Waals surface area (Å²) in [6, 6.07) is 23.2. The van der Waals surface area contributed by atoms with Crippen molar-refractivity contribution in [2.24, 2.45) is 17.8 Å². The van der Waals surface area contributed by atoms with Gasteiger partial charge >= 0.3 is 0 Å². The number of piperidine rings is 1. The summed E-state index contributed by atoms with van der Waals surface area (Å²) in [6.07, 6.45) is 7.70. The Bertz CT molecular complexity index is 1880. The van der Waals surface area contributed by atoms with Crippen molar-refractivity contribution in [1.82, 2.24) is 15.1 Å². The summed E-state index contributed by atoms with van der Waals surface area (Å²) in [5.41, 5.74) is 4.74. The van der Waals surface area contributed by atoms with E-state index in [1.165, 1.54) is 42.9 Å². The highest BCUT2D eigenvalue weighted by atomic mass is 32.2. The van der Waals surface area contributed by atoms with Crippen molar-refractivity contribution in [3.05, 3.63) is 102 Å². The first-order valence-corrected chi connectivity index (χ1v) is 20.7. The molecule has 52 heavy (non-hydrogen) atoms. The highest BCUT2D eigenvalue weighted by molar-refractivity contribution is 7.91. The van der Waals surface area contributed by atoms with Gasteiger partial charge in [0.05, 0.1) is 9.79 Å². The lowest BCUT2D eigenvalue weighted by atomic mass is 9.56. The number of allylic oxidation sites excluding steroid dienone is 1. The third-order valence-corrected chi connectivity index (χ3v) is 14.2. The van der Waals surface area contributed by atoms with E-state index in [0.717, 1.165) is 57.9 Å². The van der Waals surface area contributed by atoms with Crippen molar-refractivity contribution in [3.8, 4) is 0 Å². The molecule has 276 valence electrons. The predicted octanol–water partition coefficient (Wildman–Crippen LogP) is 6.04. The fraction of sp³-hybridized carbons (Fsp3) is 0.488. The largest absolute Gasteiger partial charge is 0.371 e. The quantitative estimate of drug-likeness (QED) is 0.228. The molecule has 0 unspecified atom stereocenters. The Labute approximate surface area is 310 Å². The molecule has 3 aromatic rings. The van der Waals surface area contributed by atoms with E-state index >= 15 is 0 Å². The average Bonchev–Trinajstić information content (AvgIpc) is 3.61. The number of nitrogens with zero attached hydrogens (tertiary/aromatic N) is 3. The molecule has 9 heteroatoms. The smallest absolute Gasteiger partial charge is 0.219 e. The van der Waals surface area contributed by atoms with Crippen molar-refractivity contribution in [2.75, 3.05) is 51.2 Å². The molecule has 8 nitrogen and oxygen atoms in total. The molecule has 3 heterocycles. The number of fused-ring (bicyclic) bond motifs is 1. The molecule has 1 amide bonds. The summed E-state index contributed by atoms with van der Waals surface area (Å²) in [4.78, 5) is 32.5. The second-order valence-electron chi connectivity index (χ2n) is 15.8. The van der Waals surface area contributed by atoms with E-state index in [-0.39, 0.29) is 39.4 Å². The number of nitrogens with one attached hydrogen (secondary N) is 1. The molecule has 1 aliphatic carbocycles. The number of likely N-dealkylation sites (N-methyl/N-ethyl adjacent to an activating group) is 1. The van der Waals surface area contributed by atoms with Crippen LogP contribution in [-0.4, -0.2) is 82.3 Å². The zero-order valence-corrected chi connectivity index (χ0v) is 31.6. The highest BCUT2D eigenvalue weighted by Gasteiger charge is 2.54. The third kappa shape index (κ3) is 7.24. The van der Waals surface area contributed by atoms with Gasteiger partial charge in [-0.3, -0.25) is 9.59 Å². The van der Waals surface area contributed by atoms with Gasteiger partial charge in [-0.05, 0) is 117 Å². The van der Waals surface area contributed by atoms with Crippen molar-refractivity contribution in [2.45, 2.75) is 79.7 Å². The zero-order chi connectivity index (χ0) is 36.5. The maximum Gasteiger partial charge on any atom is 0.219 e. The van der Waals surface area contributed by atoms with Crippen LogP contribution in [0.3, 0.4) is 0 Å². The minimum Gasteiger partial charge on any atom is -0.371 e. The molecule has 0 aromatic heterocycles. The topological polar surface area (TPSA) is 90.0 Å². The number of carbonyl (C=O) groups excluding carboxylic acids is 2. The first-order valence-electron chi connectivity index (χ1n) is 19.2. The van der Waals surface area contributed by atoms with Crippen molar-refractivity contribution in [1.29, 1.82) is 0 Å². The van der Waals surface area contributed by atoms with E-state index in [1.54, 1.807) is 36.4 Å². The second-order valence-corrected chi connectivity index (χ2v) is 17.7. The fourth-order valence-electron chi connectivity index (χ4n) is 9.98. The Morgan fingerprint density at radius 1 is 0.942 bits per heavy atom. The number of sulfone groups is 1. The lowest BCUT2D eigenvalue weighted by Gasteiger charge is -2.55. The average molecular weight is 723 g/mol. The van der Waals surface area contributed by atoms with Crippen LogP contribution in [0.4, 0.5) is 5.69 Å². The lowest BCUT2D eigenvalue weighted by Crippen LogP contribution is -2.59. The number of amides is 1. The van der Waals surface area contributed by atoms with E-state index in [0.29, 0.717) is 29.7 Å². The molecule has 0 radical (unpaired) electrons. The van der Waals surface area contributed by atoms with Crippen molar-refractivity contribution < 1.29 is 18.0 Å². The molecule has 0 bridgehead atoms. The Kier molecular flexibility index (Phi) is 10.7. The Morgan fingerprint density at radius 3 is 2.42 bits per heavy atom. The minimum atomic E-state index is -3.70. The van der Waals surface area contributed by atoms with Gasteiger partial charge in [-0.25, -0.2) is 8.42 Å². The summed E-state index contributed by atoms with van der Waals surface area (Å²) in [6.45, 7) is 12.7. The second kappa shape index (κ2) is 15.3. The first-order chi connectivity index (χ1) is 25.1. The van der Waals surface area contributed by atoms with Crippen molar-refractivity contribution in [3.63, 3.8) is 0 Å². The van der Waals surface area contributed by atoms with E-state index in [2.05, 4.69) is 57.9 Å². The SMILES string of the molecule is C=CC(=O)Cc1cccc(S(=O)(=O)c2ccc(N3CC(CN4CCC([C@@]5([C@H]6CCC[C@@H]6NC(=O)CC)CN(C)Cc6ccccc65)CC4)C3)cc2)c1. The van der Waals surface area contributed by atoms with Crippen LogP contribution in [-0.2, 0) is 37.8 Å². The predicted molar refractivity (Wildman–Crippen MR) is 206 cm³/mol. The van der Waals surface area contributed by atoms with Crippen LogP contribution in [0.25, 0.3) is 0 Å². The lowest BCUT2D eigenvalue weighted by molar-refractivity contribution is -0.122. The molecule has 1 saturated carbocycles. The number of rotatable bonds is 12. The number of benzene rings is 3. The summed E-state index contributed by atoms with van der Waals surface area (Å²) in [5, 5.41) is 3.46. The normalized spacial score (nSPS) is 24.6. The molecule has 3 atom stereocenters. The van der Waals surface area contributed by atoms with Gasteiger partial charge in [-0.15, -0.1) is 0 Å². The number of hydrogen-bond donors (Lipinski definition) is 1. The fourth-order valence-corrected chi connectivity index (χ4v) is 11.3. The van der Waals surface area contributed by atoms with Gasteiger partial charge in [0.1, 0.15) is 0 Å². The Balaban J connectivity index is 0.975. The van der Waals surface area contributed by atoms with Gasteiger partial charge in [0.2, 0.25) is 15.7 Å². The Hall–Kier alpha value is -3.79. The number of anilines is 1. The molecule has 3 aromatic carbocycles. The molecule has 3 aliphatic heterocycles. The molecular formula is C43H54N4O4S. The van der Waals surface area contributed by atoms with Gasteiger partial charge in [0, 0.05) is 68.6 Å². The Morgan fingerprint density at radius 2 is 1.69 bits per heavy atom. The van der Waals surface area contributed by atoms with Crippen LogP contribution in [0.2, 0.25) is 0 Å². The van der Waals surface area contributed by atoms with Crippen molar-refractivity contribution >= 4 is 27.2 Å². The van der Waals surface area contributed by atoms with E-state index in [4.69, 9.17) is 0 Å². The molecule has 2 saturated heterocycles. The van der Waals surface area contributed by atoms with E-state index in [1.807, 2.05) is 19.1 Å². The van der Waals surface area contributed by atoms with E-state index in [9.17, 15) is 18.0 Å². The summed E-state index contributed by atoms with van der Waals surface area (Å²) in [7, 11) is -1.43. The highest BCUT2D eigenvalue weighted by Crippen LogP contribution is 2.53. The zero-order valence-electron chi connectivity index (χ0n) is 30.8. The van der Waals surface area contributed by atoms with E-state index < -0.39 is 9.84 Å². The summed E-state index contributed by atoms with van der Waals surface area (Å²) in [5.74, 6) is 1.64. The standard InChI is InChI=1S/C43H54N4O4S/c1-4-36(48)24-31-10-8-12-38(25-31)52(50,51)37-18-16-35(17-19-37)47-27-32(28-47)26-46-22-20-34(21-23-46)43(40-14-9-15-41(40)44-42(49)5-2)30-45(3)29-33-11-6-7-13-39(33)43/h4,6-8,10-13,16-19,25,32,34,40-41H,1,5,9,14-15,20-24,26-30H2,2-3H3,(H,44,49)/t40-,41-,43-/m0/s1. The monoisotopic (exact) mass is 722 g/mol. The van der Waals surface area contributed by atoms with Gasteiger partial charge in [-0.1, -0.05) is 56.3 Å². The summed E-state index contributed by atoms with van der Waals surface area (Å²) < 4.78 is 26.8. The van der Waals surface area contributed by atoms with Crippen LogP contribution in [0.1, 0.15) is 62.1 Å². The molecule has 0 spiro atoms. The minimum absolute atomic E-state index is 0.0398. The maximum absolute atomic E-state index is 13.4. The molecule has 4 aliphatic rings. The van der Waals surface area contributed by atoms with Gasteiger partial charge in [-0.2, -0.15) is 0 Å². The van der Waals surface area contributed by atoms with Crippen LogP contribution in [0.5, 0.6) is 0 Å². The third-order valence-electron chi connectivity index (χ3n) is 12.5. The summed E-state index contributed by atoms with van der Waals surface area (Å²) >= 11 is 0. The number of carbonyl (C=O) groups is 2. The number of ketones is 1. The molecule has 1 N–H and O–H groups in total. The van der Waals surface area contributed by atoms with Gasteiger partial charge in [0.25, 0.3) is 0 Å². The van der Waals surface area contributed by atoms with Crippen LogP contribution in [0, 0.1) is 17.8 Å². The van der Waals surface area contributed by atoms with Crippen LogP contribution in [0.15, 0.2) is 95.2 Å². The number of likely N-dealkylation sites (tertiary alicyclic amines) is 1. The number of hydrogen-bond acceptors (Lipinski definition) is 7. The van der Waals surface area contributed by atoms with Gasteiger partial charge < -0.3 is 20.0 Å². The molecular weight excluding hydrogens is 669 g/mol. The van der Waals surface area contributed by atoms with Crippen LogP contribution >= 0.6 is 0 Å². The first kappa shape index (κ1) is 36.6. The van der Waals surface area contributed by atoms with Gasteiger partial charge in [0.15, 0.2) is 5.78 Å². The van der Waals surface area contributed by atoms with Crippen LogP contribution < -0.4 is 10.2 Å².